The normalized spacial score (nSPS) is 20.6. The zero-order chi connectivity index (χ0) is 11.6. The molecule has 1 aliphatic rings. The predicted octanol–water partition coefficient (Wildman–Crippen LogP) is 0.605. The van der Waals surface area contributed by atoms with Crippen molar-refractivity contribution in [3.8, 4) is 0 Å². The molecule has 1 N–H and O–H groups in total. The fourth-order valence-electron chi connectivity index (χ4n) is 1.60. The van der Waals surface area contributed by atoms with Crippen LogP contribution < -0.4 is 5.32 Å². The second kappa shape index (κ2) is 4.32. The van der Waals surface area contributed by atoms with Crippen molar-refractivity contribution >= 4 is 15.8 Å². The van der Waals surface area contributed by atoms with Gasteiger partial charge >= 0.3 is 0 Å². The first-order valence-electron chi connectivity index (χ1n) is 5.00. The molecule has 0 unspecified atom stereocenters. The molecule has 2 rings (SSSR count). The minimum Gasteiger partial charge on any atom is -0.351 e. The average molecular weight is 245 g/mol. The Bertz CT molecular complexity index is 446. The molecule has 0 saturated carbocycles. The standard InChI is InChI=1S/C9H12FN3O2S/c10-7-5-11-9(12-6-7)13-8-1-3-16(14,15)4-2-8/h5-6,8H,1-4H2,(H,11,12,13). The van der Waals surface area contributed by atoms with Gasteiger partial charge in [-0.05, 0) is 12.8 Å². The molecule has 88 valence electrons. The van der Waals surface area contributed by atoms with Gasteiger partial charge in [0.1, 0.15) is 9.84 Å². The van der Waals surface area contributed by atoms with Gasteiger partial charge in [-0.3, -0.25) is 0 Å². The Morgan fingerprint density at radius 2 is 1.81 bits per heavy atom. The van der Waals surface area contributed by atoms with Gasteiger partial charge in [-0.25, -0.2) is 22.8 Å². The van der Waals surface area contributed by atoms with Crippen LogP contribution in [0.2, 0.25) is 0 Å². The molecule has 1 fully saturated rings. The lowest BCUT2D eigenvalue weighted by Crippen LogP contribution is -2.32. The van der Waals surface area contributed by atoms with Crippen LogP contribution in [0.5, 0.6) is 0 Å². The lowest BCUT2D eigenvalue weighted by molar-refractivity contribution is 0.557. The molecule has 16 heavy (non-hydrogen) atoms. The summed E-state index contributed by atoms with van der Waals surface area (Å²) in [5, 5.41) is 2.99. The average Bonchev–Trinajstić information content (AvgIpc) is 2.24. The van der Waals surface area contributed by atoms with Crippen molar-refractivity contribution in [2.24, 2.45) is 0 Å². The van der Waals surface area contributed by atoms with E-state index in [-0.39, 0.29) is 17.5 Å². The van der Waals surface area contributed by atoms with Gasteiger partial charge in [0, 0.05) is 6.04 Å². The maximum Gasteiger partial charge on any atom is 0.222 e. The van der Waals surface area contributed by atoms with Crippen LogP contribution in [-0.2, 0) is 9.84 Å². The molecule has 1 aromatic rings. The molecule has 0 amide bonds. The van der Waals surface area contributed by atoms with Gasteiger partial charge in [-0.15, -0.1) is 0 Å². The highest BCUT2D eigenvalue weighted by Gasteiger charge is 2.23. The van der Waals surface area contributed by atoms with E-state index < -0.39 is 15.7 Å². The molecule has 1 aliphatic heterocycles. The summed E-state index contributed by atoms with van der Waals surface area (Å²) >= 11 is 0. The van der Waals surface area contributed by atoms with Crippen molar-refractivity contribution < 1.29 is 12.8 Å². The van der Waals surface area contributed by atoms with Crippen LogP contribution in [0.25, 0.3) is 0 Å². The first-order valence-corrected chi connectivity index (χ1v) is 6.82. The summed E-state index contributed by atoms with van der Waals surface area (Å²) in [6.07, 6.45) is 3.25. The molecule has 5 nitrogen and oxygen atoms in total. The zero-order valence-electron chi connectivity index (χ0n) is 8.56. The number of halogens is 1. The van der Waals surface area contributed by atoms with E-state index in [4.69, 9.17) is 0 Å². The Labute approximate surface area is 93.0 Å². The molecular formula is C9H12FN3O2S. The lowest BCUT2D eigenvalue weighted by Gasteiger charge is -2.22. The summed E-state index contributed by atoms with van der Waals surface area (Å²) in [7, 11) is -2.86. The second-order valence-corrected chi connectivity index (χ2v) is 6.10. The summed E-state index contributed by atoms with van der Waals surface area (Å²) in [5.41, 5.74) is 0. The number of nitrogens with zero attached hydrogens (tertiary/aromatic N) is 2. The highest BCUT2D eigenvalue weighted by atomic mass is 32.2. The highest BCUT2D eigenvalue weighted by molar-refractivity contribution is 7.91. The molecule has 0 atom stereocenters. The summed E-state index contributed by atoms with van der Waals surface area (Å²) in [4.78, 5) is 7.52. The maximum absolute atomic E-state index is 12.5. The number of nitrogens with one attached hydrogen (secondary N) is 1. The molecule has 2 heterocycles. The van der Waals surface area contributed by atoms with Gasteiger partial charge in [-0.2, -0.15) is 0 Å². The van der Waals surface area contributed by atoms with E-state index >= 15 is 0 Å². The second-order valence-electron chi connectivity index (χ2n) is 3.80. The minimum atomic E-state index is -2.86. The van der Waals surface area contributed by atoms with Crippen molar-refractivity contribution in [2.75, 3.05) is 16.8 Å². The van der Waals surface area contributed by atoms with E-state index in [2.05, 4.69) is 15.3 Å². The van der Waals surface area contributed by atoms with E-state index in [9.17, 15) is 12.8 Å². The molecule has 7 heteroatoms. The van der Waals surface area contributed by atoms with Crippen LogP contribution in [0.4, 0.5) is 10.3 Å². The number of rotatable bonds is 2. The van der Waals surface area contributed by atoms with Gasteiger partial charge in [0.05, 0.1) is 23.9 Å². The Morgan fingerprint density at radius 3 is 2.38 bits per heavy atom. The first-order chi connectivity index (χ1) is 7.55. The number of hydrogen-bond donors (Lipinski definition) is 1. The Hall–Kier alpha value is -1.24. The fourth-order valence-corrected chi connectivity index (χ4v) is 3.10. The number of sulfone groups is 1. The van der Waals surface area contributed by atoms with Gasteiger partial charge in [0.15, 0.2) is 5.82 Å². The molecule has 1 aromatic heterocycles. The lowest BCUT2D eigenvalue weighted by atomic mass is 10.2. The topological polar surface area (TPSA) is 72.0 Å². The van der Waals surface area contributed by atoms with Crippen molar-refractivity contribution in [3.63, 3.8) is 0 Å². The molecular weight excluding hydrogens is 233 g/mol. The minimum absolute atomic E-state index is 0.0500. The number of anilines is 1. The highest BCUT2D eigenvalue weighted by Crippen LogP contribution is 2.15. The summed E-state index contributed by atoms with van der Waals surface area (Å²) in [6, 6.07) is 0.0500. The Kier molecular flexibility index (Phi) is 3.04. The summed E-state index contributed by atoms with van der Waals surface area (Å²) in [5.74, 6) is 0.222. The van der Waals surface area contributed by atoms with Gasteiger partial charge in [-0.1, -0.05) is 0 Å². The number of aromatic nitrogens is 2. The quantitative estimate of drug-likeness (QED) is 0.826. The molecule has 0 bridgehead atoms. The van der Waals surface area contributed by atoms with Gasteiger partial charge < -0.3 is 5.32 Å². The molecule has 0 aromatic carbocycles. The predicted molar refractivity (Wildman–Crippen MR) is 57.3 cm³/mol. The smallest absolute Gasteiger partial charge is 0.222 e. The first kappa shape index (κ1) is 11.3. The Morgan fingerprint density at radius 1 is 1.25 bits per heavy atom. The SMILES string of the molecule is O=S1(=O)CCC(Nc2ncc(F)cn2)CC1. The third kappa shape index (κ3) is 2.88. The van der Waals surface area contributed by atoms with Gasteiger partial charge in [0.25, 0.3) is 0 Å². The van der Waals surface area contributed by atoms with E-state index in [1.54, 1.807) is 0 Å². The van der Waals surface area contributed by atoms with Crippen LogP contribution in [0.15, 0.2) is 12.4 Å². The maximum atomic E-state index is 12.5. The largest absolute Gasteiger partial charge is 0.351 e. The Balaban J connectivity index is 1.94. The fraction of sp³-hybridized carbons (Fsp3) is 0.556. The van der Waals surface area contributed by atoms with Crippen LogP contribution in [0.3, 0.4) is 0 Å². The van der Waals surface area contributed by atoms with E-state index in [1.807, 2.05) is 0 Å². The van der Waals surface area contributed by atoms with E-state index in [1.165, 1.54) is 0 Å². The van der Waals surface area contributed by atoms with Crippen LogP contribution >= 0.6 is 0 Å². The molecule has 1 saturated heterocycles. The van der Waals surface area contributed by atoms with E-state index in [0.717, 1.165) is 12.4 Å². The third-order valence-electron chi connectivity index (χ3n) is 2.51. The van der Waals surface area contributed by atoms with Crippen molar-refractivity contribution in [2.45, 2.75) is 18.9 Å². The van der Waals surface area contributed by atoms with Crippen molar-refractivity contribution in [3.05, 3.63) is 18.2 Å². The summed E-state index contributed by atoms with van der Waals surface area (Å²) < 4.78 is 34.9. The number of hydrogen-bond acceptors (Lipinski definition) is 5. The van der Waals surface area contributed by atoms with Crippen molar-refractivity contribution in [1.82, 2.24) is 9.97 Å². The molecule has 0 aliphatic carbocycles. The van der Waals surface area contributed by atoms with Gasteiger partial charge in [0.2, 0.25) is 5.95 Å². The summed E-state index contributed by atoms with van der Waals surface area (Å²) in [6.45, 7) is 0. The third-order valence-corrected chi connectivity index (χ3v) is 4.22. The van der Waals surface area contributed by atoms with Crippen LogP contribution in [0.1, 0.15) is 12.8 Å². The monoisotopic (exact) mass is 245 g/mol. The molecule has 0 radical (unpaired) electrons. The van der Waals surface area contributed by atoms with Crippen LogP contribution in [-0.4, -0.2) is 35.9 Å². The van der Waals surface area contributed by atoms with Crippen LogP contribution in [0, 0.1) is 5.82 Å². The zero-order valence-corrected chi connectivity index (χ0v) is 9.37. The molecule has 0 spiro atoms. The van der Waals surface area contributed by atoms with Crippen molar-refractivity contribution in [1.29, 1.82) is 0 Å². The van der Waals surface area contributed by atoms with E-state index in [0.29, 0.717) is 18.8 Å².